The SMILES string of the molecule is Cc1oc(-c2ccccc2Cl)cc1C(=O)N1CC2CC(O)C2C1. The number of rotatable bonds is 2. The lowest BCUT2D eigenvalue weighted by molar-refractivity contribution is -0.00427. The number of hydrogen-bond donors (Lipinski definition) is 1. The lowest BCUT2D eigenvalue weighted by atomic mass is 9.74. The summed E-state index contributed by atoms with van der Waals surface area (Å²) in [5, 5.41) is 10.4. The van der Waals surface area contributed by atoms with Gasteiger partial charge in [-0.1, -0.05) is 23.7 Å². The number of aryl methyl sites for hydroxylation is 1. The van der Waals surface area contributed by atoms with E-state index in [1.165, 1.54) is 0 Å². The Kier molecular flexibility index (Phi) is 3.47. The molecule has 1 amide bonds. The average molecular weight is 332 g/mol. The van der Waals surface area contributed by atoms with E-state index in [9.17, 15) is 9.90 Å². The van der Waals surface area contributed by atoms with Crippen molar-refractivity contribution in [3.8, 4) is 11.3 Å². The van der Waals surface area contributed by atoms with Crippen LogP contribution in [0.4, 0.5) is 0 Å². The molecular weight excluding hydrogens is 314 g/mol. The maximum Gasteiger partial charge on any atom is 0.257 e. The third-order valence-electron chi connectivity index (χ3n) is 5.10. The number of hydrogen-bond acceptors (Lipinski definition) is 3. The first-order chi connectivity index (χ1) is 11.0. The number of likely N-dealkylation sites (tertiary alicyclic amines) is 1. The van der Waals surface area contributed by atoms with E-state index < -0.39 is 0 Å². The normalized spacial score (nSPS) is 26.0. The van der Waals surface area contributed by atoms with Gasteiger partial charge in [0.2, 0.25) is 0 Å². The second-order valence-corrected chi connectivity index (χ2v) is 6.90. The number of aliphatic hydroxyl groups excluding tert-OH is 1. The van der Waals surface area contributed by atoms with Crippen molar-refractivity contribution in [3.05, 3.63) is 46.7 Å². The van der Waals surface area contributed by atoms with E-state index in [1.54, 1.807) is 19.1 Å². The number of halogens is 1. The van der Waals surface area contributed by atoms with Gasteiger partial charge in [-0.25, -0.2) is 0 Å². The molecule has 2 heterocycles. The summed E-state index contributed by atoms with van der Waals surface area (Å²) in [5.41, 5.74) is 1.36. The maximum absolute atomic E-state index is 12.8. The Hall–Kier alpha value is -1.78. The number of benzene rings is 1. The first kappa shape index (κ1) is 14.8. The Morgan fingerprint density at radius 3 is 2.83 bits per heavy atom. The van der Waals surface area contributed by atoms with E-state index in [-0.39, 0.29) is 17.9 Å². The molecule has 0 bridgehead atoms. The summed E-state index contributed by atoms with van der Waals surface area (Å²) in [6.07, 6.45) is 0.561. The minimum Gasteiger partial charge on any atom is -0.460 e. The van der Waals surface area contributed by atoms with Crippen LogP contribution in [0.15, 0.2) is 34.7 Å². The second kappa shape index (κ2) is 5.39. The Labute approximate surface area is 139 Å². The minimum atomic E-state index is -0.248. The molecule has 0 spiro atoms. The summed E-state index contributed by atoms with van der Waals surface area (Å²) in [4.78, 5) is 14.6. The van der Waals surface area contributed by atoms with Crippen molar-refractivity contribution in [3.63, 3.8) is 0 Å². The van der Waals surface area contributed by atoms with Crippen molar-refractivity contribution in [1.82, 2.24) is 4.90 Å². The summed E-state index contributed by atoms with van der Waals surface area (Å²) >= 11 is 6.21. The molecular formula is C18H18ClNO3. The van der Waals surface area contributed by atoms with Gasteiger partial charge in [-0.2, -0.15) is 0 Å². The number of nitrogens with zero attached hydrogens (tertiary/aromatic N) is 1. The van der Waals surface area contributed by atoms with Crippen molar-refractivity contribution in [2.24, 2.45) is 11.8 Å². The Morgan fingerprint density at radius 2 is 2.13 bits per heavy atom. The molecule has 1 aromatic carbocycles. The topological polar surface area (TPSA) is 53.7 Å². The number of furan rings is 1. The number of carbonyl (C=O) groups is 1. The zero-order valence-electron chi connectivity index (χ0n) is 12.8. The molecule has 3 atom stereocenters. The van der Waals surface area contributed by atoms with Crippen molar-refractivity contribution in [1.29, 1.82) is 0 Å². The van der Waals surface area contributed by atoms with E-state index in [4.69, 9.17) is 16.0 Å². The van der Waals surface area contributed by atoms with E-state index in [1.807, 2.05) is 23.1 Å². The average Bonchev–Trinajstić information content (AvgIpc) is 3.07. The fourth-order valence-electron chi connectivity index (χ4n) is 3.70. The van der Waals surface area contributed by atoms with Crippen LogP contribution in [0.25, 0.3) is 11.3 Å². The van der Waals surface area contributed by atoms with Gasteiger partial charge in [-0.3, -0.25) is 4.79 Å². The highest BCUT2D eigenvalue weighted by molar-refractivity contribution is 6.33. The van der Waals surface area contributed by atoms with Crippen LogP contribution in [0.5, 0.6) is 0 Å². The smallest absolute Gasteiger partial charge is 0.257 e. The van der Waals surface area contributed by atoms with E-state index in [0.717, 1.165) is 18.5 Å². The molecule has 23 heavy (non-hydrogen) atoms. The van der Waals surface area contributed by atoms with Gasteiger partial charge in [0.05, 0.1) is 16.7 Å². The Bertz CT molecular complexity index is 769. The molecule has 1 N–H and O–H groups in total. The summed E-state index contributed by atoms with van der Waals surface area (Å²) < 4.78 is 5.77. The number of carbonyl (C=O) groups excluding carboxylic acids is 1. The molecule has 4 rings (SSSR count). The van der Waals surface area contributed by atoms with Crippen molar-refractivity contribution >= 4 is 17.5 Å². The van der Waals surface area contributed by atoms with Gasteiger partial charge in [0, 0.05) is 24.6 Å². The lowest BCUT2D eigenvalue weighted by Crippen LogP contribution is -2.39. The largest absolute Gasteiger partial charge is 0.460 e. The predicted octanol–water partition coefficient (Wildman–Crippen LogP) is 3.36. The van der Waals surface area contributed by atoms with Crippen molar-refractivity contribution in [2.75, 3.05) is 13.1 Å². The summed E-state index contributed by atoms with van der Waals surface area (Å²) in [7, 11) is 0. The maximum atomic E-state index is 12.8. The molecule has 1 aliphatic heterocycles. The van der Waals surface area contributed by atoms with Crippen LogP contribution in [0.2, 0.25) is 5.02 Å². The molecule has 1 aromatic heterocycles. The second-order valence-electron chi connectivity index (χ2n) is 6.50. The van der Waals surface area contributed by atoms with Crippen molar-refractivity contribution in [2.45, 2.75) is 19.4 Å². The fraction of sp³-hybridized carbons (Fsp3) is 0.389. The standard InChI is InChI=1S/C18H18ClNO3/c1-10-13(7-17(23-10)12-4-2-3-5-15(12)19)18(22)20-8-11-6-16(21)14(11)9-20/h2-5,7,11,14,16,21H,6,8-9H2,1H3. The molecule has 3 unspecified atom stereocenters. The quantitative estimate of drug-likeness (QED) is 0.918. The van der Waals surface area contributed by atoms with Gasteiger partial charge >= 0.3 is 0 Å². The molecule has 0 radical (unpaired) electrons. The molecule has 1 aliphatic carbocycles. The Balaban J connectivity index is 1.60. The van der Waals surface area contributed by atoms with Crippen LogP contribution >= 0.6 is 11.6 Å². The molecule has 2 aliphatic rings. The summed E-state index contributed by atoms with van der Waals surface area (Å²) in [5.74, 6) is 1.88. The number of fused-ring (bicyclic) bond motifs is 1. The van der Waals surface area contributed by atoms with E-state index in [2.05, 4.69) is 0 Å². The molecule has 120 valence electrons. The minimum absolute atomic E-state index is 0.0221. The van der Waals surface area contributed by atoms with Crippen LogP contribution in [0, 0.1) is 18.8 Å². The summed E-state index contributed by atoms with van der Waals surface area (Å²) in [6, 6.07) is 9.20. The summed E-state index contributed by atoms with van der Waals surface area (Å²) in [6.45, 7) is 3.16. The zero-order chi connectivity index (χ0) is 16.1. The van der Waals surface area contributed by atoms with Gasteiger partial charge in [0.25, 0.3) is 5.91 Å². The highest BCUT2D eigenvalue weighted by atomic mass is 35.5. The van der Waals surface area contributed by atoms with Gasteiger partial charge in [0.1, 0.15) is 11.5 Å². The van der Waals surface area contributed by atoms with Crippen LogP contribution in [0.3, 0.4) is 0 Å². The lowest BCUT2D eigenvalue weighted by Gasteiger charge is -2.34. The first-order valence-electron chi connectivity index (χ1n) is 7.87. The van der Waals surface area contributed by atoms with Gasteiger partial charge in [-0.15, -0.1) is 0 Å². The zero-order valence-corrected chi connectivity index (χ0v) is 13.6. The Morgan fingerprint density at radius 1 is 1.35 bits per heavy atom. The van der Waals surface area contributed by atoms with Crippen LogP contribution < -0.4 is 0 Å². The monoisotopic (exact) mass is 331 g/mol. The van der Waals surface area contributed by atoms with Gasteiger partial charge in [0.15, 0.2) is 0 Å². The van der Waals surface area contributed by atoms with Crippen LogP contribution in [0.1, 0.15) is 22.5 Å². The number of aliphatic hydroxyl groups is 1. The first-order valence-corrected chi connectivity index (χ1v) is 8.25. The third-order valence-corrected chi connectivity index (χ3v) is 5.43. The molecule has 1 saturated carbocycles. The molecule has 1 saturated heterocycles. The van der Waals surface area contributed by atoms with E-state index in [0.29, 0.717) is 34.6 Å². The molecule has 4 nitrogen and oxygen atoms in total. The molecule has 2 aromatic rings. The fourth-order valence-corrected chi connectivity index (χ4v) is 3.92. The molecule has 2 fully saturated rings. The molecule has 5 heteroatoms. The highest BCUT2D eigenvalue weighted by Gasteiger charge is 2.47. The van der Waals surface area contributed by atoms with Crippen LogP contribution in [-0.2, 0) is 0 Å². The van der Waals surface area contributed by atoms with Gasteiger partial charge in [-0.05, 0) is 37.5 Å². The number of amides is 1. The third kappa shape index (κ3) is 2.37. The van der Waals surface area contributed by atoms with E-state index >= 15 is 0 Å². The highest BCUT2D eigenvalue weighted by Crippen LogP contribution is 2.41. The van der Waals surface area contributed by atoms with Crippen LogP contribution in [-0.4, -0.2) is 35.1 Å². The predicted molar refractivity (Wildman–Crippen MR) is 87.4 cm³/mol. The van der Waals surface area contributed by atoms with Gasteiger partial charge < -0.3 is 14.4 Å². The van der Waals surface area contributed by atoms with Crippen molar-refractivity contribution < 1.29 is 14.3 Å².